The number of ketones is 1. The molecule has 0 aromatic heterocycles. The lowest BCUT2D eigenvalue weighted by atomic mass is 9.95. The number of fused-ring (bicyclic) bond motifs is 1. The Morgan fingerprint density at radius 2 is 1.95 bits per heavy atom. The molecule has 5 heteroatoms. The maximum Gasteiger partial charge on any atom is 0.169 e. The van der Waals surface area contributed by atoms with Gasteiger partial charge < -0.3 is 14.2 Å². The van der Waals surface area contributed by atoms with Gasteiger partial charge in [0.1, 0.15) is 13.2 Å². The highest BCUT2D eigenvalue weighted by Crippen LogP contribution is 2.37. The van der Waals surface area contributed by atoms with E-state index >= 15 is 0 Å². The highest BCUT2D eigenvalue weighted by atomic mass is 79.9. The van der Waals surface area contributed by atoms with Crippen molar-refractivity contribution in [2.24, 2.45) is 5.92 Å². The second-order valence-corrected chi connectivity index (χ2v) is 5.77. The van der Waals surface area contributed by atoms with Crippen molar-refractivity contribution >= 4 is 21.7 Å². The van der Waals surface area contributed by atoms with E-state index in [9.17, 15) is 4.79 Å². The molecule has 2 unspecified atom stereocenters. The fourth-order valence-electron chi connectivity index (χ4n) is 2.47. The second-order valence-electron chi connectivity index (χ2n) is 4.92. The molecule has 0 bridgehead atoms. The van der Waals surface area contributed by atoms with Crippen molar-refractivity contribution in [3.8, 4) is 11.5 Å². The molecule has 0 saturated carbocycles. The molecule has 1 saturated heterocycles. The SMILES string of the molecule is CC1CC(C(=O)c2cc3c(cc2Br)OCCO3)CO1. The summed E-state index contributed by atoms with van der Waals surface area (Å²) < 4.78 is 17.2. The van der Waals surface area contributed by atoms with Gasteiger partial charge in [-0.25, -0.2) is 0 Å². The van der Waals surface area contributed by atoms with Gasteiger partial charge in [0.25, 0.3) is 0 Å². The maximum absolute atomic E-state index is 12.5. The van der Waals surface area contributed by atoms with Crippen molar-refractivity contribution in [1.82, 2.24) is 0 Å². The van der Waals surface area contributed by atoms with Crippen LogP contribution in [0.3, 0.4) is 0 Å². The van der Waals surface area contributed by atoms with Crippen LogP contribution in [0.15, 0.2) is 16.6 Å². The highest BCUT2D eigenvalue weighted by Gasteiger charge is 2.31. The Morgan fingerprint density at radius 3 is 2.58 bits per heavy atom. The molecule has 2 heterocycles. The molecule has 0 aliphatic carbocycles. The molecule has 2 aliphatic rings. The average Bonchev–Trinajstić information content (AvgIpc) is 2.84. The molecule has 3 rings (SSSR count). The van der Waals surface area contributed by atoms with E-state index in [1.54, 1.807) is 12.1 Å². The van der Waals surface area contributed by atoms with E-state index in [1.165, 1.54) is 0 Å². The maximum atomic E-state index is 12.5. The molecule has 2 atom stereocenters. The smallest absolute Gasteiger partial charge is 0.169 e. The van der Waals surface area contributed by atoms with Gasteiger partial charge in [0.15, 0.2) is 17.3 Å². The summed E-state index contributed by atoms with van der Waals surface area (Å²) in [5.41, 5.74) is 0.645. The predicted octanol–water partition coefficient (Wildman–Crippen LogP) is 2.83. The zero-order valence-electron chi connectivity index (χ0n) is 10.6. The Kier molecular flexibility index (Phi) is 3.50. The van der Waals surface area contributed by atoms with Gasteiger partial charge >= 0.3 is 0 Å². The largest absolute Gasteiger partial charge is 0.486 e. The first-order chi connectivity index (χ1) is 9.15. The fraction of sp³-hybridized carbons (Fsp3) is 0.500. The van der Waals surface area contributed by atoms with Crippen LogP contribution >= 0.6 is 15.9 Å². The number of halogens is 1. The Hall–Kier alpha value is -1.07. The van der Waals surface area contributed by atoms with Crippen molar-refractivity contribution in [2.45, 2.75) is 19.4 Å². The molecule has 0 amide bonds. The lowest BCUT2D eigenvalue weighted by Gasteiger charge is -2.20. The van der Waals surface area contributed by atoms with E-state index < -0.39 is 0 Å². The van der Waals surface area contributed by atoms with E-state index in [1.807, 2.05) is 6.92 Å². The van der Waals surface area contributed by atoms with Crippen LogP contribution in [0, 0.1) is 5.92 Å². The third kappa shape index (κ3) is 2.49. The number of ether oxygens (including phenoxy) is 3. The summed E-state index contributed by atoms with van der Waals surface area (Å²) in [7, 11) is 0. The molecular formula is C14H15BrO4. The van der Waals surface area contributed by atoms with Crippen LogP contribution in [0.4, 0.5) is 0 Å². The van der Waals surface area contributed by atoms with Crippen LogP contribution in [0.1, 0.15) is 23.7 Å². The van der Waals surface area contributed by atoms with E-state index in [-0.39, 0.29) is 17.8 Å². The van der Waals surface area contributed by atoms with Crippen LogP contribution < -0.4 is 9.47 Å². The van der Waals surface area contributed by atoms with E-state index in [2.05, 4.69) is 15.9 Å². The number of carbonyl (C=O) groups excluding carboxylic acids is 1. The monoisotopic (exact) mass is 326 g/mol. The predicted molar refractivity (Wildman–Crippen MR) is 73.0 cm³/mol. The van der Waals surface area contributed by atoms with E-state index in [4.69, 9.17) is 14.2 Å². The van der Waals surface area contributed by atoms with Gasteiger partial charge in [0.05, 0.1) is 12.7 Å². The molecule has 1 aromatic rings. The molecule has 0 spiro atoms. The van der Waals surface area contributed by atoms with Gasteiger partial charge in [0, 0.05) is 16.0 Å². The summed E-state index contributed by atoms with van der Waals surface area (Å²) in [6, 6.07) is 3.57. The first kappa shape index (κ1) is 12.9. The Bertz CT molecular complexity index is 514. The summed E-state index contributed by atoms with van der Waals surface area (Å²) in [6.07, 6.45) is 0.935. The van der Waals surface area contributed by atoms with Gasteiger partial charge in [-0.1, -0.05) is 0 Å². The van der Waals surface area contributed by atoms with Crippen molar-refractivity contribution in [3.05, 3.63) is 22.2 Å². The average molecular weight is 327 g/mol. The van der Waals surface area contributed by atoms with Gasteiger partial charge in [-0.3, -0.25) is 4.79 Å². The van der Waals surface area contributed by atoms with Gasteiger partial charge in [-0.2, -0.15) is 0 Å². The van der Waals surface area contributed by atoms with Crippen LogP contribution in [-0.2, 0) is 4.74 Å². The molecule has 2 aliphatic heterocycles. The zero-order valence-corrected chi connectivity index (χ0v) is 12.2. The minimum absolute atomic E-state index is 0.0612. The van der Waals surface area contributed by atoms with Crippen LogP contribution in [-0.4, -0.2) is 31.7 Å². The lowest BCUT2D eigenvalue weighted by molar-refractivity contribution is 0.0876. The molecular weight excluding hydrogens is 312 g/mol. The molecule has 19 heavy (non-hydrogen) atoms. The minimum Gasteiger partial charge on any atom is -0.486 e. The lowest BCUT2D eigenvalue weighted by Crippen LogP contribution is -2.18. The number of rotatable bonds is 2. The van der Waals surface area contributed by atoms with Crippen LogP contribution in [0.5, 0.6) is 11.5 Å². The standard InChI is InChI=1S/C14H15BrO4/c1-8-4-9(7-19-8)14(16)10-5-12-13(6-11(10)15)18-3-2-17-12/h5-6,8-9H,2-4,7H2,1H3. The van der Waals surface area contributed by atoms with Gasteiger partial charge in [0.2, 0.25) is 0 Å². The number of hydrogen-bond acceptors (Lipinski definition) is 4. The van der Waals surface area contributed by atoms with Crippen molar-refractivity contribution in [1.29, 1.82) is 0 Å². The zero-order chi connectivity index (χ0) is 13.4. The number of benzene rings is 1. The molecule has 0 N–H and O–H groups in total. The minimum atomic E-state index is -0.0612. The Morgan fingerprint density at radius 1 is 1.26 bits per heavy atom. The van der Waals surface area contributed by atoms with E-state index in [0.717, 1.165) is 10.9 Å². The van der Waals surface area contributed by atoms with Gasteiger partial charge in [-0.15, -0.1) is 0 Å². The third-order valence-corrected chi connectivity index (χ3v) is 4.12. The highest BCUT2D eigenvalue weighted by molar-refractivity contribution is 9.10. The second kappa shape index (κ2) is 5.13. The topological polar surface area (TPSA) is 44.8 Å². The molecule has 102 valence electrons. The number of carbonyl (C=O) groups is 1. The van der Waals surface area contributed by atoms with E-state index in [0.29, 0.717) is 36.9 Å². The summed E-state index contributed by atoms with van der Waals surface area (Å²) in [6.45, 7) is 3.56. The summed E-state index contributed by atoms with van der Waals surface area (Å²) in [4.78, 5) is 12.5. The first-order valence-corrected chi connectivity index (χ1v) is 7.19. The summed E-state index contributed by atoms with van der Waals surface area (Å²) >= 11 is 3.44. The van der Waals surface area contributed by atoms with Crippen molar-refractivity contribution < 1.29 is 19.0 Å². The molecule has 0 radical (unpaired) electrons. The van der Waals surface area contributed by atoms with Crippen molar-refractivity contribution in [2.75, 3.05) is 19.8 Å². The number of hydrogen-bond donors (Lipinski definition) is 0. The number of Topliss-reactive ketones (excluding diaryl/α,β-unsaturated/α-hetero) is 1. The summed E-state index contributed by atoms with van der Waals surface area (Å²) in [5.74, 6) is 1.37. The third-order valence-electron chi connectivity index (χ3n) is 3.47. The summed E-state index contributed by atoms with van der Waals surface area (Å²) in [5, 5.41) is 0. The normalized spacial score (nSPS) is 25.4. The first-order valence-electron chi connectivity index (χ1n) is 6.40. The van der Waals surface area contributed by atoms with Gasteiger partial charge in [-0.05, 0) is 41.4 Å². The van der Waals surface area contributed by atoms with Crippen LogP contribution in [0.25, 0.3) is 0 Å². The van der Waals surface area contributed by atoms with Crippen LogP contribution in [0.2, 0.25) is 0 Å². The van der Waals surface area contributed by atoms with Crippen molar-refractivity contribution in [3.63, 3.8) is 0 Å². The Balaban J connectivity index is 1.89. The molecule has 4 nitrogen and oxygen atoms in total. The molecule has 1 fully saturated rings. The quantitative estimate of drug-likeness (QED) is 0.784. The fourth-order valence-corrected chi connectivity index (χ4v) is 2.99. The Labute approximate surface area is 120 Å². The molecule has 1 aromatic carbocycles.